The number of nitrogens with zero attached hydrogens (tertiary/aromatic N) is 3. The van der Waals surface area contributed by atoms with Gasteiger partial charge < -0.3 is 4.90 Å². The van der Waals surface area contributed by atoms with Gasteiger partial charge in [0.05, 0.1) is 0 Å². The van der Waals surface area contributed by atoms with Crippen molar-refractivity contribution >= 4 is 17.8 Å². The Bertz CT molecular complexity index is 657. The SMILES string of the molecule is CCN1C(=O)C(=CC=C2C=CN(CCC(C)C)C=C2)C(=O)N(CC)C1=O. The Morgan fingerprint density at radius 1 is 0.923 bits per heavy atom. The summed E-state index contributed by atoms with van der Waals surface area (Å²) in [4.78, 5) is 41.3. The first-order valence-electron chi connectivity index (χ1n) is 9.10. The highest BCUT2D eigenvalue weighted by atomic mass is 16.2. The Labute approximate surface area is 155 Å². The third-order valence-electron chi connectivity index (χ3n) is 4.37. The molecular formula is C20H27N3O3. The molecule has 2 aliphatic rings. The fraction of sp³-hybridized carbons (Fsp3) is 0.450. The van der Waals surface area contributed by atoms with Crippen LogP contribution in [0.25, 0.3) is 0 Å². The molecule has 0 N–H and O–H groups in total. The predicted octanol–water partition coefficient (Wildman–Crippen LogP) is 3.06. The monoisotopic (exact) mass is 357 g/mol. The van der Waals surface area contributed by atoms with Crippen LogP contribution in [0.5, 0.6) is 0 Å². The van der Waals surface area contributed by atoms with Crippen molar-refractivity contribution in [1.29, 1.82) is 0 Å². The molecule has 1 saturated heterocycles. The minimum atomic E-state index is -0.548. The van der Waals surface area contributed by atoms with E-state index in [2.05, 4.69) is 18.7 Å². The lowest BCUT2D eigenvalue weighted by Gasteiger charge is -2.32. The zero-order valence-corrected chi connectivity index (χ0v) is 15.9. The van der Waals surface area contributed by atoms with E-state index in [1.807, 2.05) is 24.6 Å². The van der Waals surface area contributed by atoms with E-state index in [4.69, 9.17) is 0 Å². The molecule has 2 heterocycles. The minimum Gasteiger partial charge on any atom is -0.354 e. The molecule has 0 bridgehead atoms. The first-order chi connectivity index (χ1) is 12.4. The first-order valence-corrected chi connectivity index (χ1v) is 9.10. The van der Waals surface area contributed by atoms with Crippen molar-refractivity contribution in [2.24, 2.45) is 5.92 Å². The number of carbonyl (C=O) groups is 3. The molecule has 26 heavy (non-hydrogen) atoms. The van der Waals surface area contributed by atoms with E-state index < -0.39 is 17.8 Å². The largest absolute Gasteiger partial charge is 0.354 e. The van der Waals surface area contributed by atoms with Crippen LogP contribution in [0.4, 0.5) is 4.79 Å². The Balaban J connectivity index is 2.16. The van der Waals surface area contributed by atoms with Gasteiger partial charge in [0.15, 0.2) is 0 Å². The van der Waals surface area contributed by atoms with Gasteiger partial charge in [0.2, 0.25) is 0 Å². The van der Waals surface area contributed by atoms with Crippen molar-refractivity contribution in [2.45, 2.75) is 34.1 Å². The van der Waals surface area contributed by atoms with E-state index in [9.17, 15) is 14.4 Å². The van der Waals surface area contributed by atoms with Crippen molar-refractivity contribution in [3.63, 3.8) is 0 Å². The number of hydrogen-bond acceptors (Lipinski definition) is 4. The summed E-state index contributed by atoms with van der Waals surface area (Å²) >= 11 is 0. The maximum Gasteiger partial charge on any atom is 0.333 e. The fourth-order valence-electron chi connectivity index (χ4n) is 2.72. The van der Waals surface area contributed by atoms with Crippen LogP contribution in [0.15, 0.2) is 47.9 Å². The van der Waals surface area contributed by atoms with Crippen molar-refractivity contribution in [1.82, 2.24) is 14.7 Å². The molecule has 0 spiro atoms. The van der Waals surface area contributed by atoms with E-state index in [-0.39, 0.29) is 18.7 Å². The quantitative estimate of drug-likeness (QED) is 0.541. The van der Waals surface area contributed by atoms with Crippen molar-refractivity contribution in [3.8, 4) is 0 Å². The van der Waals surface area contributed by atoms with Gasteiger partial charge in [-0.15, -0.1) is 0 Å². The first kappa shape index (κ1) is 19.7. The number of likely N-dealkylation sites (N-methyl/N-ethyl adjacent to an activating group) is 2. The molecule has 0 saturated carbocycles. The summed E-state index contributed by atoms with van der Waals surface area (Å²) in [6.07, 6.45) is 12.2. The second-order valence-electron chi connectivity index (χ2n) is 6.68. The summed E-state index contributed by atoms with van der Waals surface area (Å²) in [6.45, 7) is 9.24. The topological polar surface area (TPSA) is 60.9 Å². The fourth-order valence-corrected chi connectivity index (χ4v) is 2.72. The summed E-state index contributed by atoms with van der Waals surface area (Å²) in [6, 6.07) is -0.548. The van der Waals surface area contributed by atoms with Crippen molar-refractivity contribution in [3.05, 3.63) is 47.9 Å². The van der Waals surface area contributed by atoms with Crippen molar-refractivity contribution < 1.29 is 14.4 Å². The Morgan fingerprint density at radius 2 is 1.46 bits per heavy atom. The maximum absolute atomic E-state index is 12.4. The van der Waals surface area contributed by atoms with Gasteiger partial charge in [-0.3, -0.25) is 19.4 Å². The van der Waals surface area contributed by atoms with Gasteiger partial charge >= 0.3 is 6.03 Å². The van der Waals surface area contributed by atoms with Crippen LogP contribution in [0.2, 0.25) is 0 Å². The van der Waals surface area contributed by atoms with Crippen molar-refractivity contribution in [2.75, 3.05) is 19.6 Å². The average molecular weight is 357 g/mol. The summed E-state index contributed by atoms with van der Waals surface area (Å²) < 4.78 is 0. The van der Waals surface area contributed by atoms with E-state index >= 15 is 0 Å². The standard InChI is InChI=1S/C20H27N3O3/c1-5-22-18(24)17(19(25)23(6-2)20(22)26)8-7-16-10-13-21(14-11-16)12-9-15(3)4/h7-8,10-11,13-15H,5-6,9,12H2,1-4H3. The molecule has 0 unspecified atom stereocenters. The molecule has 0 aromatic carbocycles. The second-order valence-corrected chi connectivity index (χ2v) is 6.68. The highest BCUT2D eigenvalue weighted by Crippen LogP contribution is 2.18. The molecule has 2 aliphatic heterocycles. The smallest absolute Gasteiger partial charge is 0.333 e. The zero-order valence-electron chi connectivity index (χ0n) is 15.9. The maximum atomic E-state index is 12.4. The van der Waals surface area contributed by atoms with Crippen LogP contribution in [0.1, 0.15) is 34.1 Å². The van der Waals surface area contributed by atoms with Gasteiger partial charge in [0, 0.05) is 32.0 Å². The van der Waals surface area contributed by atoms with E-state index in [0.29, 0.717) is 5.92 Å². The predicted molar refractivity (Wildman–Crippen MR) is 101 cm³/mol. The summed E-state index contributed by atoms with van der Waals surface area (Å²) in [5.41, 5.74) is 0.909. The molecule has 0 atom stereocenters. The van der Waals surface area contributed by atoms with Crippen LogP contribution in [0.3, 0.4) is 0 Å². The van der Waals surface area contributed by atoms with Gasteiger partial charge in [0.25, 0.3) is 11.8 Å². The van der Waals surface area contributed by atoms with Gasteiger partial charge in [0.1, 0.15) is 5.57 Å². The van der Waals surface area contributed by atoms with Gasteiger partial charge in [-0.05, 0) is 50.0 Å². The molecule has 0 aromatic rings. The van der Waals surface area contributed by atoms with E-state index in [1.165, 1.54) is 6.08 Å². The zero-order chi connectivity index (χ0) is 19.3. The van der Waals surface area contributed by atoms with E-state index in [1.54, 1.807) is 19.9 Å². The van der Waals surface area contributed by atoms with Crippen LogP contribution in [-0.4, -0.2) is 52.2 Å². The molecule has 2 rings (SSSR count). The molecule has 4 amide bonds. The number of urea groups is 1. The van der Waals surface area contributed by atoms with E-state index in [0.717, 1.165) is 28.3 Å². The number of hydrogen-bond donors (Lipinski definition) is 0. The Morgan fingerprint density at radius 3 is 1.92 bits per heavy atom. The molecule has 0 aliphatic carbocycles. The number of allylic oxidation sites excluding steroid dienone is 5. The molecule has 140 valence electrons. The molecule has 1 fully saturated rings. The number of barbiturate groups is 1. The molecular weight excluding hydrogens is 330 g/mol. The third kappa shape index (κ3) is 4.31. The van der Waals surface area contributed by atoms with Crippen LogP contribution in [0, 0.1) is 5.92 Å². The number of amides is 4. The molecule has 0 aromatic heterocycles. The molecule has 6 nitrogen and oxygen atoms in total. The summed E-state index contributed by atoms with van der Waals surface area (Å²) in [5.74, 6) is -0.426. The Hall–Kier alpha value is -2.63. The number of carbonyl (C=O) groups excluding carboxylic acids is 3. The van der Waals surface area contributed by atoms with Crippen LogP contribution < -0.4 is 0 Å². The van der Waals surface area contributed by atoms with Gasteiger partial charge in [-0.25, -0.2) is 4.79 Å². The van der Waals surface area contributed by atoms with Crippen LogP contribution >= 0.6 is 0 Å². The number of rotatable bonds is 6. The lowest BCUT2D eigenvalue weighted by Crippen LogP contribution is -2.56. The van der Waals surface area contributed by atoms with Gasteiger partial charge in [-0.1, -0.05) is 19.9 Å². The highest BCUT2D eigenvalue weighted by Gasteiger charge is 2.40. The van der Waals surface area contributed by atoms with Gasteiger partial charge in [-0.2, -0.15) is 0 Å². The molecule has 6 heteroatoms. The second kappa shape index (κ2) is 8.65. The lowest BCUT2D eigenvalue weighted by molar-refractivity contribution is -0.135. The normalized spacial score (nSPS) is 17.7. The summed E-state index contributed by atoms with van der Waals surface area (Å²) in [5, 5.41) is 0. The minimum absolute atomic E-state index is 0.0184. The third-order valence-corrected chi connectivity index (χ3v) is 4.37. The average Bonchev–Trinajstić information content (AvgIpc) is 2.61. The van der Waals surface area contributed by atoms with Crippen LogP contribution in [-0.2, 0) is 9.59 Å². The summed E-state index contributed by atoms with van der Waals surface area (Å²) in [7, 11) is 0. The Kier molecular flexibility index (Phi) is 6.55. The number of imide groups is 2. The highest BCUT2D eigenvalue weighted by molar-refractivity contribution is 6.28. The molecule has 0 radical (unpaired) electrons. The lowest BCUT2D eigenvalue weighted by atomic mass is 10.1.